The SMILES string of the molecule is COc1ccc(Cc2c(C)cc(OCP(=O)(O)O)cc2C)cc1C(C)C. The van der Waals surface area contributed by atoms with Gasteiger partial charge in [0.2, 0.25) is 0 Å². The Morgan fingerprint density at radius 2 is 1.69 bits per heavy atom. The van der Waals surface area contributed by atoms with Crippen LogP contribution in [0.15, 0.2) is 30.3 Å². The molecule has 0 aromatic heterocycles. The van der Waals surface area contributed by atoms with Gasteiger partial charge in [-0.15, -0.1) is 0 Å². The lowest BCUT2D eigenvalue weighted by Gasteiger charge is -2.16. The van der Waals surface area contributed by atoms with E-state index in [4.69, 9.17) is 19.3 Å². The molecule has 2 aromatic carbocycles. The molecule has 0 aliphatic heterocycles. The minimum atomic E-state index is -4.18. The van der Waals surface area contributed by atoms with Crippen LogP contribution in [0.1, 0.15) is 47.6 Å². The Kier molecular flexibility index (Phi) is 6.51. The van der Waals surface area contributed by atoms with E-state index in [1.54, 1.807) is 7.11 Å². The largest absolute Gasteiger partial charge is 0.496 e. The van der Waals surface area contributed by atoms with Crippen molar-refractivity contribution in [1.82, 2.24) is 0 Å². The molecule has 26 heavy (non-hydrogen) atoms. The molecule has 0 aliphatic rings. The van der Waals surface area contributed by atoms with Crippen LogP contribution in [-0.2, 0) is 11.0 Å². The summed E-state index contributed by atoms with van der Waals surface area (Å²) in [5, 5.41) is 0. The predicted octanol–water partition coefficient (Wildman–Crippen LogP) is 4.54. The molecule has 6 heteroatoms. The quantitative estimate of drug-likeness (QED) is 0.692. The van der Waals surface area contributed by atoms with E-state index >= 15 is 0 Å². The van der Waals surface area contributed by atoms with Gasteiger partial charge in [0.05, 0.1) is 7.11 Å². The second-order valence-electron chi connectivity index (χ2n) is 6.88. The molecule has 0 fully saturated rings. The van der Waals surface area contributed by atoms with Crippen LogP contribution in [0.25, 0.3) is 0 Å². The Hall–Kier alpha value is -1.81. The third-order valence-corrected chi connectivity index (χ3v) is 4.83. The first kappa shape index (κ1) is 20.5. The normalized spacial score (nSPS) is 11.7. The fourth-order valence-electron chi connectivity index (χ4n) is 3.02. The van der Waals surface area contributed by atoms with E-state index in [0.29, 0.717) is 11.7 Å². The average molecular weight is 378 g/mol. The van der Waals surface area contributed by atoms with Gasteiger partial charge in [-0.1, -0.05) is 26.0 Å². The molecule has 0 heterocycles. The monoisotopic (exact) mass is 378 g/mol. The van der Waals surface area contributed by atoms with Crippen LogP contribution < -0.4 is 9.47 Å². The van der Waals surface area contributed by atoms with Gasteiger partial charge < -0.3 is 19.3 Å². The highest BCUT2D eigenvalue weighted by Crippen LogP contribution is 2.35. The number of ether oxygens (including phenoxy) is 2. The third-order valence-electron chi connectivity index (χ3n) is 4.37. The van der Waals surface area contributed by atoms with Crippen LogP contribution in [0.5, 0.6) is 11.5 Å². The van der Waals surface area contributed by atoms with E-state index in [1.807, 2.05) is 32.0 Å². The van der Waals surface area contributed by atoms with Crippen molar-refractivity contribution in [2.75, 3.05) is 13.5 Å². The summed E-state index contributed by atoms with van der Waals surface area (Å²) in [5.41, 5.74) is 5.64. The number of hydrogen-bond acceptors (Lipinski definition) is 3. The third kappa shape index (κ3) is 5.34. The topological polar surface area (TPSA) is 76.0 Å². The lowest BCUT2D eigenvalue weighted by Crippen LogP contribution is -2.02. The second-order valence-corrected chi connectivity index (χ2v) is 8.47. The molecule has 0 aliphatic carbocycles. The summed E-state index contributed by atoms with van der Waals surface area (Å²) in [6.45, 7) is 8.26. The predicted molar refractivity (Wildman–Crippen MR) is 103 cm³/mol. The molecular formula is C20H27O5P. The van der Waals surface area contributed by atoms with Crippen LogP contribution in [0, 0.1) is 13.8 Å². The summed E-state index contributed by atoms with van der Waals surface area (Å²) in [6, 6.07) is 9.91. The van der Waals surface area contributed by atoms with Gasteiger partial charge in [0.1, 0.15) is 11.5 Å². The van der Waals surface area contributed by atoms with Gasteiger partial charge >= 0.3 is 7.60 Å². The summed E-state index contributed by atoms with van der Waals surface area (Å²) in [4.78, 5) is 17.9. The molecule has 2 aromatic rings. The van der Waals surface area contributed by atoms with Crippen molar-refractivity contribution in [2.24, 2.45) is 0 Å². The second kappa shape index (κ2) is 8.26. The standard InChI is InChI=1S/C20H27O5P/c1-13(2)18-10-16(6-7-20(18)24-5)11-19-14(3)8-17(9-15(19)4)25-12-26(21,22)23/h6-10,13H,11-12H2,1-5H3,(H2,21,22,23). The van der Waals surface area contributed by atoms with Gasteiger partial charge in [0.25, 0.3) is 0 Å². The zero-order valence-electron chi connectivity index (χ0n) is 15.9. The maximum atomic E-state index is 11.0. The van der Waals surface area contributed by atoms with E-state index < -0.39 is 13.9 Å². The van der Waals surface area contributed by atoms with Crippen molar-refractivity contribution in [3.63, 3.8) is 0 Å². The fourth-order valence-corrected chi connectivity index (χ4v) is 3.34. The van der Waals surface area contributed by atoms with Gasteiger partial charge in [-0.25, -0.2) is 0 Å². The summed E-state index contributed by atoms with van der Waals surface area (Å²) < 4.78 is 21.7. The molecule has 0 saturated heterocycles. The zero-order valence-corrected chi connectivity index (χ0v) is 16.8. The molecule has 142 valence electrons. The maximum absolute atomic E-state index is 11.0. The Morgan fingerprint density at radius 1 is 1.08 bits per heavy atom. The average Bonchev–Trinajstić information content (AvgIpc) is 2.55. The molecule has 0 saturated carbocycles. The van der Waals surface area contributed by atoms with Crippen molar-refractivity contribution in [3.8, 4) is 11.5 Å². The molecule has 0 bridgehead atoms. The van der Waals surface area contributed by atoms with Crippen LogP contribution >= 0.6 is 7.60 Å². The molecule has 2 N–H and O–H groups in total. The van der Waals surface area contributed by atoms with E-state index in [2.05, 4.69) is 26.0 Å². The first-order chi connectivity index (χ1) is 12.1. The minimum Gasteiger partial charge on any atom is -0.496 e. The molecule has 5 nitrogen and oxygen atoms in total. The smallest absolute Gasteiger partial charge is 0.362 e. The van der Waals surface area contributed by atoms with Gasteiger partial charge in [-0.2, -0.15) is 0 Å². The van der Waals surface area contributed by atoms with E-state index in [-0.39, 0.29) is 0 Å². The van der Waals surface area contributed by atoms with E-state index in [9.17, 15) is 4.57 Å². The number of rotatable bonds is 7. The molecule has 2 rings (SSSR count). The maximum Gasteiger partial charge on any atom is 0.362 e. The molecule has 0 radical (unpaired) electrons. The summed E-state index contributed by atoms with van der Waals surface area (Å²) >= 11 is 0. The first-order valence-corrected chi connectivity index (χ1v) is 10.3. The van der Waals surface area contributed by atoms with Crippen molar-refractivity contribution in [2.45, 2.75) is 40.0 Å². The minimum absolute atomic E-state index is 0.371. The molecule has 0 atom stereocenters. The Bertz CT molecular complexity index is 800. The first-order valence-electron chi connectivity index (χ1n) is 8.55. The fraction of sp³-hybridized carbons (Fsp3) is 0.400. The van der Waals surface area contributed by atoms with E-state index in [0.717, 1.165) is 23.3 Å². The number of aryl methyl sites for hydroxylation is 2. The molecular weight excluding hydrogens is 351 g/mol. The van der Waals surface area contributed by atoms with E-state index in [1.165, 1.54) is 16.7 Å². The summed E-state index contributed by atoms with van der Waals surface area (Å²) in [7, 11) is -2.50. The summed E-state index contributed by atoms with van der Waals surface area (Å²) in [6.07, 6.45) is 0.168. The van der Waals surface area contributed by atoms with Crippen LogP contribution in [0.4, 0.5) is 0 Å². The zero-order chi connectivity index (χ0) is 19.5. The van der Waals surface area contributed by atoms with Gasteiger partial charge in [-0.3, -0.25) is 4.57 Å². The lowest BCUT2D eigenvalue weighted by atomic mass is 9.93. The van der Waals surface area contributed by atoms with Crippen molar-refractivity contribution in [1.29, 1.82) is 0 Å². The highest BCUT2D eigenvalue weighted by Gasteiger charge is 2.15. The molecule has 0 amide bonds. The molecule has 0 unspecified atom stereocenters. The molecule has 0 spiro atoms. The van der Waals surface area contributed by atoms with Crippen LogP contribution in [-0.4, -0.2) is 23.2 Å². The number of methoxy groups -OCH3 is 1. The Balaban J connectivity index is 2.27. The Labute approximate surface area is 155 Å². The van der Waals surface area contributed by atoms with Gasteiger partial charge in [0.15, 0.2) is 6.35 Å². The number of benzene rings is 2. The summed E-state index contributed by atoms with van der Waals surface area (Å²) in [5.74, 6) is 1.75. The highest BCUT2D eigenvalue weighted by molar-refractivity contribution is 7.51. The van der Waals surface area contributed by atoms with Gasteiger partial charge in [0, 0.05) is 0 Å². The highest BCUT2D eigenvalue weighted by atomic mass is 31.2. The van der Waals surface area contributed by atoms with Crippen molar-refractivity contribution < 1.29 is 23.8 Å². The number of hydrogen-bond donors (Lipinski definition) is 2. The van der Waals surface area contributed by atoms with Crippen molar-refractivity contribution in [3.05, 3.63) is 58.1 Å². The van der Waals surface area contributed by atoms with Gasteiger partial charge in [-0.05, 0) is 72.2 Å². The van der Waals surface area contributed by atoms with Crippen LogP contribution in [0.3, 0.4) is 0 Å². The van der Waals surface area contributed by atoms with Crippen LogP contribution in [0.2, 0.25) is 0 Å². The Morgan fingerprint density at radius 3 is 2.19 bits per heavy atom. The van der Waals surface area contributed by atoms with Crippen molar-refractivity contribution >= 4 is 7.60 Å². The lowest BCUT2D eigenvalue weighted by molar-refractivity contribution is 0.300.